The van der Waals surface area contributed by atoms with E-state index in [4.69, 9.17) is 23.2 Å². The number of nitrogens with zero attached hydrogens (tertiary/aromatic N) is 1. The first kappa shape index (κ1) is 16.1. The zero-order chi connectivity index (χ0) is 14.9. The van der Waals surface area contributed by atoms with E-state index < -0.39 is 10.0 Å². The Morgan fingerprint density at radius 2 is 2.10 bits per heavy atom. The minimum absolute atomic E-state index is 0.251. The van der Waals surface area contributed by atoms with Crippen molar-refractivity contribution in [3.8, 4) is 0 Å². The smallest absolute Gasteiger partial charge is 0.207 e. The second-order valence-corrected chi connectivity index (χ2v) is 8.16. The standard InChI is InChI=1S/C14H19Cl2NO2S/c1-10(2)12-5-6-17(9-12)20(18,19)13-4-3-11(8-15)14(16)7-13/h3-4,7,10,12H,5-6,8-9H2,1-2H3. The maximum absolute atomic E-state index is 12.6. The minimum Gasteiger partial charge on any atom is -0.207 e. The molecular formula is C14H19Cl2NO2S. The van der Waals surface area contributed by atoms with E-state index in [2.05, 4.69) is 13.8 Å². The van der Waals surface area contributed by atoms with Gasteiger partial charge in [-0.2, -0.15) is 4.31 Å². The van der Waals surface area contributed by atoms with Crippen molar-refractivity contribution in [1.82, 2.24) is 4.31 Å². The Morgan fingerprint density at radius 1 is 1.40 bits per heavy atom. The Bertz CT molecular complexity index is 587. The molecule has 1 saturated heterocycles. The van der Waals surface area contributed by atoms with Crippen molar-refractivity contribution in [3.63, 3.8) is 0 Å². The Kier molecular flexibility index (Phi) is 5.00. The second-order valence-electron chi connectivity index (χ2n) is 5.54. The van der Waals surface area contributed by atoms with Gasteiger partial charge in [-0.15, -0.1) is 11.6 Å². The fourth-order valence-electron chi connectivity index (χ4n) is 2.46. The van der Waals surface area contributed by atoms with Crippen molar-refractivity contribution >= 4 is 33.2 Å². The van der Waals surface area contributed by atoms with Crippen LogP contribution in [0, 0.1) is 11.8 Å². The summed E-state index contributed by atoms with van der Waals surface area (Å²) in [5.74, 6) is 1.21. The first-order valence-electron chi connectivity index (χ1n) is 6.70. The molecule has 0 aliphatic carbocycles. The topological polar surface area (TPSA) is 37.4 Å². The van der Waals surface area contributed by atoms with Crippen molar-refractivity contribution in [3.05, 3.63) is 28.8 Å². The van der Waals surface area contributed by atoms with Gasteiger partial charge in [-0.3, -0.25) is 0 Å². The molecule has 1 aliphatic heterocycles. The Balaban J connectivity index is 2.25. The van der Waals surface area contributed by atoms with Crippen LogP contribution in [0.2, 0.25) is 5.02 Å². The first-order valence-corrected chi connectivity index (χ1v) is 9.06. The van der Waals surface area contributed by atoms with Crippen molar-refractivity contribution in [2.75, 3.05) is 13.1 Å². The van der Waals surface area contributed by atoms with Crippen LogP contribution in [0.1, 0.15) is 25.8 Å². The van der Waals surface area contributed by atoms with Gasteiger partial charge in [0.1, 0.15) is 0 Å². The number of rotatable bonds is 4. The van der Waals surface area contributed by atoms with E-state index in [9.17, 15) is 8.42 Å². The fourth-order valence-corrected chi connectivity index (χ4v) is 4.61. The number of alkyl halides is 1. The van der Waals surface area contributed by atoms with Gasteiger partial charge in [0.2, 0.25) is 10.0 Å². The van der Waals surface area contributed by atoms with E-state index in [0.29, 0.717) is 29.9 Å². The fraction of sp³-hybridized carbons (Fsp3) is 0.571. The molecule has 0 spiro atoms. The van der Waals surface area contributed by atoms with Crippen LogP contribution in [0.15, 0.2) is 23.1 Å². The van der Waals surface area contributed by atoms with Gasteiger partial charge < -0.3 is 0 Å². The van der Waals surface area contributed by atoms with Gasteiger partial charge in [0.05, 0.1) is 4.90 Å². The highest BCUT2D eigenvalue weighted by molar-refractivity contribution is 7.89. The highest BCUT2D eigenvalue weighted by Crippen LogP contribution is 2.30. The number of sulfonamides is 1. The molecule has 1 fully saturated rings. The molecule has 1 aromatic carbocycles. The molecule has 0 bridgehead atoms. The molecule has 0 N–H and O–H groups in total. The van der Waals surface area contributed by atoms with Gasteiger partial charge in [-0.25, -0.2) is 8.42 Å². The van der Waals surface area contributed by atoms with Crippen molar-refractivity contribution < 1.29 is 8.42 Å². The second kappa shape index (κ2) is 6.22. The third-order valence-electron chi connectivity index (χ3n) is 3.94. The Morgan fingerprint density at radius 3 is 2.60 bits per heavy atom. The monoisotopic (exact) mass is 335 g/mol. The van der Waals surface area contributed by atoms with Crippen molar-refractivity contribution in [1.29, 1.82) is 0 Å². The molecule has 1 unspecified atom stereocenters. The summed E-state index contributed by atoms with van der Waals surface area (Å²) in [7, 11) is -3.45. The lowest BCUT2D eigenvalue weighted by atomic mass is 9.96. The van der Waals surface area contributed by atoms with Gasteiger partial charge in [0, 0.05) is 24.0 Å². The molecule has 1 heterocycles. The maximum atomic E-state index is 12.6. The summed E-state index contributed by atoms with van der Waals surface area (Å²) < 4.78 is 26.7. The number of hydrogen-bond donors (Lipinski definition) is 0. The summed E-state index contributed by atoms with van der Waals surface area (Å²) in [5.41, 5.74) is 0.744. The maximum Gasteiger partial charge on any atom is 0.243 e. The summed E-state index contributed by atoms with van der Waals surface area (Å²) in [4.78, 5) is 0.251. The van der Waals surface area contributed by atoms with Crippen LogP contribution in [-0.4, -0.2) is 25.8 Å². The van der Waals surface area contributed by atoms with Crippen LogP contribution in [0.3, 0.4) is 0 Å². The van der Waals surface area contributed by atoms with Crippen LogP contribution in [0.5, 0.6) is 0 Å². The Hall–Kier alpha value is -0.290. The summed E-state index contributed by atoms with van der Waals surface area (Å²) in [5, 5.41) is 0.403. The van der Waals surface area contributed by atoms with Crippen LogP contribution in [0.25, 0.3) is 0 Å². The molecule has 6 heteroatoms. The number of hydrogen-bond acceptors (Lipinski definition) is 2. The molecule has 1 atom stereocenters. The molecule has 112 valence electrons. The molecule has 1 aromatic rings. The van der Waals surface area contributed by atoms with Crippen LogP contribution in [0.4, 0.5) is 0 Å². The lowest BCUT2D eigenvalue weighted by Gasteiger charge is -2.18. The normalized spacial score (nSPS) is 20.8. The van der Waals surface area contributed by atoms with Gasteiger partial charge >= 0.3 is 0 Å². The van der Waals surface area contributed by atoms with Crippen molar-refractivity contribution in [2.24, 2.45) is 11.8 Å². The molecule has 2 rings (SSSR count). The SMILES string of the molecule is CC(C)C1CCN(S(=O)(=O)c2ccc(CCl)c(Cl)c2)C1. The van der Waals surface area contributed by atoms with E-state index in [0.717, 1.165) is 12.0 Å². The third-order valence-corrected chi connectivity index (χ3v) is 6.44. The van der Waals surface area contributed by atoms with E-state index in [1.54, 1.807) is 16.4 Å². The van der Waals surface area contributed by atoms with E-state index in [1.165, 1.54) is 6.07 Å². The largest absolute Gasteiger partial charge is 0.243 e. The molecule has 0 saturated carbocycles. The molecule has 1 aliphatic rings. The highest BCUT2D eigenvalue weighted by atomic mass is 35.5. The van der Waals surface area contributed by atoms with E-state index >= 15 is 0 Å². The van der Waals surface area contributed by atoms with Crippen molar-refractivity contribution in [2.45, 2.75) is 31.0 Å². The average Bonchev–Trinajstić information content (AvgIpc) is 2.89. The predicted molar refractivity (Wildman–Crippen MR) is 82.7 cm³/mol. The van der Waals surface area contributed by atoms with Gasteiger partial charge in [0.15, 0.2) is 0 Å². The predicted octanol–water partition coefficient (Wildman–Crippen LogP) is 3.75. The third kappa shape index (κ3) is 3.14. The summed E-state index contributed by atoms with van der Waals surface area (Å²) in [6.45, 7) is 5.44. The number of benzene rings is 1. The highest BCUT2D eigenvalue weighted by Gasteiger charge is 2.33. The summed E-state index contributed by atoms with van der Waals surface area (Å²) in [6.07, 6.45) is 0.921. The summed E-state index contributed by atoms with van der Waals surface area (Å²) >= 11 is 11.8. The first-order chi connectivity index (χ1) is 9.36. The zero-order valence-corrected chi connectivity index (χ0v) is 14.0. The lowest BCUT2D eigenvalue weighted by Crippen LogP contribution is -2.29. The molecule has 0 aromatic heterocycles. The quantitative estimate of drug-likeness (QED) is 0.786. The van der Waals surface area contributed by atoms with Crippen LogP contribution >= 0.6 is 23.2 Å². The van der Waals surface area contributed by atoms with E-state index in [-0.39, 0.29) is 10.8 Å². The molecular weight excluding hydrogens is 317 g/mol. The molecule has 3 nitrogen and oxygen atoms in total. The molecule has 20 heavy (non-hydrogen) atoms. The van der Waals surface area contributed by atoms with Crippen LogP contribution < -0.4 is 0 Å². The number of halogens is 2. The van der Waals surface area contributed by atoms with Gasteiger partial charge in [-0.05, 0) is 36.0 Å². The van der Waals surface area contributed by atoms with Gasteiger partial charge in [-0.1, -0.05) is 31.5 Å². The Labute approximate surface area is 130 Å². The molecule has 0 radical (unpaired) electrons. The summed E-state index contributed by atoms with van der Waals surface area (Å²) in [6, 6.07) is 4.76. The minimum atomic E-state index is -3.45. The van der Waals surface area contributed by atoms with Crippen LogP contribution in [-0.2, 0) is 15.9 Å². The van der Waals surface area contributed by atoms with E-state index in [1.807, 2.05) is 0 Å². The zero-order valence-electron chi connectivity index (χ0n) is 11.6. The average molecular weight is 336 g/mol. The molecule has 0 amide bonds. The lowest BCUT2D eigenvalue weighted by molar-refractivity contribution is 0.388. The van der Waals surface area contributed by atoms with Gasteiger partial charge in [0.25, 0.3) is 0 Å².